The number of methoxy groups -OCH3 is 1. The summed E-state index contributed by atoms with van der Waals surface area (Å²) in [4.78, 5) is 32.6. The number of aromatic carboxylic acids is 3. The lowest BCUT2D eigenvalue weighted by Gasteiger charge is -2.08. The molecule has 0 spiro atoms. The summed E-state index contributed by atoms with van der Waals surface area (Å²) in [5, 5.41) is 26.5. The van der Waals surface area contributed by atoms with E-state index in [1.807, 2.05) is 0 Å². The number of carboxylic acids is 3. The van der Waals surface area contributed by atoms with Crippen molar-refractivity contribution in [2.45, 2.75) is 0 Å². The van der Waals surface area contributed by atoms with Crippen molar-refractivity contribution in [2.75, 3.05) is 7.11 Å². The number of hydrogen-bond donors (Lipinski definition) is 3. The molecule has 0 fully saturated rings. The van der Waals surface area contributed by atoms with Crippen LogP contribution in [-0.2, 0) is 0 Å². The summed E-state index contributed by atoms with van der Waals surface area (Å²) in [5.74, 6) is -4.74. The van der Waals surface area contributed by atoms with Gasteiger partial charge in [0.15, 0.2) is 0 Å². The Balaban J connectivity index is 3.67. The molecule has 17 heavy (non-hydrogen) atoms. The van der Waals surface area contributed by atoms with Crippen molar-refractivity contribution in [3.05, 3.63) is 28.8 Å². The molecule has 0 aliphatic heterocycles. The van der Waals surface area contributed by atoms with Crippen molar-refractivity contribution >= 4 is 17.9 Å². The van der Waals surface area contributed by atoms with Crippen molar-refractivity contribution in [2.24, 2.45) is 0 Å². The van der Waals surface area contributed by atoms with E-state index in [2.05, 4.69) is 0 Å². The van der Waals surface area contributed by atoms with E-state index in [4.69, 9.17) is 20.1 Å². The van der Waals surface area contributed by atoms with E-state index in [9.17, 15) is 14.4 Å². The lowest BCUT2D eigenvalue weighted by atomic mass is 10.0. The third-order valence-electron chi connectivity index (χ3n) is 2.02. The Labute approximate surface area is 94.9 Å². The van der Waals surface area contributed by atoms with Gasteiger partial charge in [0, 0.05) is 0 Å². The Morgan fingerprint density at radius 1 is 0.941 bits per heavy atom. The molecule has 1 rings (SSSR count). The third kappa shape index (κ3) is 2.33. The first-order valence-electron chi connectivity index (χ1n) is 4.30. The minimum absolute atomic E-state index is 0.0372. The molecule has 90 valence electrons. The fourth-order valence-electron chi connectivity index (χ4n) is 1.30. The van der Waals surface area contributed by atoms with Crippen LogP contribution in [0, 0.1) is 0 Å². The molecule has 3 N–H and O–H groups in total. The molecule has 0 bridgehead atoms. The number of benzene rings is 1. The average Bonchev–Trinajstić information content (AvgIpc) is 2.26. The molecule has 7 heteroatoms. The van der Waals surface area contributed by atoms with E-state index >= 15 is 0 Å². The molecule has 0 atom stereocenters. The summed E-state index contributed by atoms with van der Waals surface area (Å²) in [7, 11) is 1.22. The number of ether oxygens (including phenoxy) is 1. The topological polar surface area (TPSA) is 121 Å². The number of carboxylic acid groups (broad SMARTS) is 3. The van der Waals surface area contributed by atoms with Crippen LogP contribution in [0.1, 0.15) is 31.1 Å². The Hall–Kier alpha value is -2.57. The highest BCUT2D eigenvalue weighted by atomic mass is 16.5. The summed E-state index contributed by atoms with van der Waals surface area (Å²) >= 11 is 0. The monoisotopic (exact) mass is 240 g/mol. The molecule has 0 heterocycles. The largest absolute Gasteiger partial charge is 0.497 e. The average molecular weight is 240 g/mol. The predicted molar refractivity (Wildman–Crippen MR) is 53.9 cm³/mol. The maximum Gasteiger partial charge on any atom is 0.337 e. The van der Waals surface area contributed by atoms with Gasteiger partial charge in [-0.15, -0.1) is 0 Å². The fourth-order valence-corrected chi connectivity index (χ4v) is 1.30. The maximum absolute atomic E-state index is 10.9. The van der Waals surface area contributed by atoms with E-state index in [1.165, 1.54) is 7.11 Å². The second kappa shape index (κ2) is 4.52. The van der Waals surface area contributed by atoms with Crippen LogP contribution in [-0.4, -0.2) is 40.3 Å². The molecular weight excluding hydrogens is 232 g/mol. The second-order valence-electron chi connectivity index (χ2n) is 3.01. The zero-order valence-corrected chi connectivity index (χ0v) is 8.63. The van der Waals surface area contributed by atoms with E-state index in [0.29, 0.717) is 0 Å². The minimum Gasteiger partial charge on any atom is -0.497 e. The number of carbonyl (C=O) groups is 3. The van der Waals surface area contributed by atoms with Crippen molar-refractivity contribution in [1.82, 2.24) is 0 Å². The van der Waals surface area contributed by atoms with Gasteiger partial charge in [-0.25, -0.2) is 14.4 Å². The smallest absolute Gasteiger partial charge is 0.337 e. The van der Waals surface area contributed by atoms with E-state index in [1.54, 1.807) is 0 Å². The molecule has 0 saturated heterocycles. The second-order valence-corrected chi connectivity index (χ2v) is 3.01. The summed E-state index contributed by atoms with van der Waals surface area (Å²) in [6.45, 7) is 0. The Morgan fingerprint density at radius 2 is 1.35 bits per heavy atom. The van der Waals surface area contributed by atoms with Crippen molar-refractivity contribution in [1.29, 1.82) is 0 Å². The number of rotatable bonds is 4. The SMILES string of the molecule is COc1cc(C(=O)O)c(C(=O)O)c(C(=O)O)c1. The Kier molecular flexibility index (Phi) is 3.32. The maximum atomic E-state index is 10.9. The number of hydrogen-bond acceptors (Lipinski definition) is 4. The molecule has 1 aromatic rings. The van der Waals surface area contributed by atoms with E-state index < -0.39 is 34.6 Å². The van der Waals surface area contributed by atoms with Crippen molar-refractivity contribution in [3.8, 4) is 5.75 Å². The van der Waals surface area contributed by atoms with Crippen LogP contribution in [0.2, 0.25) is 0 Å². The van der Waals surface area contributed by atoms with Crippen LogP contribution in [0.25, 0.3) is 0 Å². The summed E-state index contributed by atoms with van der Waals surface area (Å²) in [6, 6.07) is 1.91. The molecule has 0 amide bonds. The van der Waals surface area contributed by atoms with Crippen molar-refractivity contribution < 1.29 is 34.4 Å². The zero-order valence-electron chi connectivity index (χ0n) is 8.63. The molecule has 0 radical (unpaired) electrons. The van der Waals surface area contributed by atoms with Gasteiger partial charge in [-0.3, -0.25) is 0 Å². The van der Waals surface area contributed by atoms with E-state index in [-0.39, 0.29) is 5.75 Å². The molecule has 0 aliphatic carbocycles. The highest BCUT2D eigenvalue weighted by molar-refractivity contribution is 6.09. The summed E-state index contributed by atoms with van der Waals surface area (Å²) in [5.41, 5.74) is -2.03. The van der Waals surface area contributed by atoms with Crippen LogP contribution >= 0.6 is 0 Å². The molecular formula is C10H8O7. The predicted octanol–water partition coefficient (Wildman–Crippen LogP) is 0.790. The molecule has 0 unspecified atom stereocenters. The van der Waals surface area contributed by atoms with Gasteiger partial charge in [-0.05, 0) is 12.1 Å². The third-order valence-corrected chi connectivity index (χ3v) is 2.02. The first kappa shape index (κ1) is 12.5. The molecule has 0 aromatic heterocycles. The zero-order chi connectivity index (χ0) is 13.2. The van der Waals surface area contributed by atoms with Gasteiger partial charge >= 0.3 is 17.9 Å². The first-order valence-corrected chi connectivity index (χ1v) is 4.30. The summed E-state index contributed by atoms with van der Waals surface area (Å²) < 4.78 is 4.71. The first-order chi connectivity index (χ1) is 7.88. The van der Waals surface area contributed by atoms with Crippen LogP contribution in [0.4, 0.5) is 0 Å². The molecule has 0 aliphatic rings. The lowest BCUT2D eigenvalue weighted by Crippen LogP contribution is -2.15. The molecule has 0 saturated carbocycles. The van der Waals surface area contributed by atoms with Gasteiger partial charge < -0.3 is 20.1 Å². The van der Waals surface area contributed by atoms with Crippen LogP contribution in [0.15, 0.2) is 12.1 Å². The Morgan fingerprint density at radius 3 is 1.59 bits per heavy atom. The van der Waals surface area contributed by atoms with Gasteiger partial charge in [-0.2, -0.15) is 0 Å². The van der Waals surface area contributed by atoms with Gasteiger partial charge in [-0.1, -0.05) is 0 Å². The van der Waals surface area contributed by atoms with E-state index in [0.717, 1.165) is 12.1 Å². The van der Waals surface area contributed by atoms with Crippen LogP contribution < -0.4 is 4.74 Å². The highest BCUT2D eigenvalue weighted by Gasteiger charge is 2.25. The normalized spacial score (nSPS) is 9.71. The Bertz CT molecular complexity index is 468. The summed E-state index contributed by atoms with van der Waals surface area (Å²) in [6.07, 6.45) is 0. The van der Waals surface area contributed by atoms with Gasteiger partial charge in [0.25, 0.3) is 0 Å². The van der Waals surface area contributed by atoms with Crippen LogP contribution in [0.3, 0.4) is 0 Å². The molecule has 1 aromatic carbocycles. The van der Waals surface area contributed by atoms with Gasteiger partial charge in [0.05, 0.1) is 23.8 Å². The van der Waals surface area contributed by atoms with Crippen LogP contribution in [0.5, 0.6) is 5.75 Å². The van der Waals surface area contributed by atoms with Gasteiger partial charge in [0.1, 0.15) is 5.75 Å². The van der Waals surface area contributed by atoms with Gasteiger partial charge in [0.2, 0.25) is 0 Å². The quantitative estimate of drug-likeness (QED) is 0.711. The minimum atomic E-state index is -1.62. The highest BCUT2D eigenvalue weighted by Crippen LogP contribution is 2.23. The standard InChI is InChI=1S/C10H8O7/c1-17-4-2-5(8(11)12)7(10(15)16)6(3-4)9(13)14/h2-3H,1H3,(H,11,12)(H,13,14)(H,15,16). The lowest BCUT2D eigenvalue weighted by molar-refractivity contribution is 0.0632. The molecule has 7 nitrogen and oxygen atoms in total. The fraction of sp³-hybridized carbons (Fsp3) is 0.100. The van der Waals surface area contributed by atoms with Crippen molar-refractivity contribution in [3.63, 3.8) is 0 Å².